The smallest absolute Gasteiger partial charge is 0.319 e. The first-order chi connectivity index (χ1) is 14.1. The van der Waals surface area contributed by atoms with Gasteiger partial charge in [-0.15, -0.1) is 0 Å². The van der Waals surface area contributed by atoms with E-state index in [0.717, 1.165) is 18.9 Å². The Hall–Kier alpha value is -3.27. The second kappa shape index (κ2) is 9.78. The molecule has 2 N–H and O–H groups in total. The molecule has 1 aromatic heterocycles. The first-order valence-corrected chi connectivity index (χ1v) is 9.14. The lowest BCUT2D eigenvalue weighted by molar-refractivity contribution is 0.122. The molecule has 10 heteroatoms. The Bertz CT molecular complexity index is 816. The quantitative estimate of drug-likeness (QED) is 0.719. The van der Waals surface area contributed by atoms with Gasteiger partial charge in [-0.3, -0.25) is 0 Å². The molecule has 0 unspecified atom stereocenters. The van der Waals surface area contributed by atoms with Crippen LogP contribution < -0.4 is 29.7 Å². The fourth-order valence-corrected chi connectivity index (χ4v) is 2.93. The molecule has 1 saturated heterocycles. The topological polar surface area (TPSA) is 107 Å². The minimum atomic E-state index is -0.403. The number of amides is 2. The van der Waals surface area contributed by atoms with Crippen molar-refractivity contribution < 1.29 is 23.7 Å². The molecular weight excluding hydrogens is 378 g/mol. The van der Waals surface area contributed by atoms with Crippen LogP contribution in [0.5, 0.6) is 17.2 Å². The Kier molecular flexibility index (Phi) is 6.90. The SMILES string of the molecule is COc1cc(NC(=O)NCc2nccc(N3CCOCC3)n2)cc(OC)c1OC. The Morgan fingerprint density at radius 1 is 1.14 bits per heavy atom. The number of ether oxygens (including phenoxy) is 4. The molecule has 1 aliphatic heterocycles. The molecule has 2 heterocycles. The van der Waals surface area contributed by atoms with Gasteiger partial charge in [-0.25, -0.2) is 14.8 Å². The highest BCUT2D eigenvalue weighted by Gasteiger charge is 2.15. The number of rotatable bonds is 7. The number of anilines is 2. The third-order valence-corrected chi connectivity index (χ3v) is 4.36. The van der Waals surface area contributed by atoms with E-state index in [4.69, 9.17) is 18.9 Å². The number of methoxy groups -OCH3 is 3. The van der Waals surface area contributed by atoms with E-state index in [9.17, 15) is 4.79 Å². The van der Waals surface area contributed by atoms with Crippen molar-refractivity contribution in [2.75, 3.05) is 57.8 Å². The summed E-state index contributed by atoms with van der Waals surface area (Å²) in [6.07, 6.45) is 1.69. The first kappa shape index (κ1) is 20.5. The molecule has 1 fully saturated rings. The number of aromatic nitrogens is 2. The van der Waals surface area contributed by atoms with E-state index in [-0.39, 0.29) is 6.54 Å². The molecule has 0 radical (unpaired) electrons. The number of hydrogen-bond donors (Lipinski definition) is 2. The lowest BCUT2D eigenvalue weighted by Crippen LogP contribution is -2.37. The summed E-state index contributed by atoms with van der Waals surface area (Å²) in [4.78, 5) is 23.2. The van der Waals surface area contributed by atoms with Gasteiger partial charge in [0.2, 0.25) is 5.75 Å². The number of nitrogens with one attached hydrogen (secondary N) is 2. The van der Waals surface area contributed by atoms with Crippen molar-refractivity contribution in [1.82, 2.24) is 15.3 Å². The van der Waals surface area contributed by atoms with Gasteiger partial charge in [0.1, 0.15) is 11.6 Å². The molecule has 10 nitrogen and oxygen atoms in total. The Morgan fingerprint density at radius 3 is 2.45 bits per heavy atom. The average molecular weight is 403 g/mol. The highest BCUT2D eigenvalue weighted by molar-refractivity contribution is 5.90. The van der Waals surface area contributed by atoms with Crippen LogP contribution in [0.15, 0.2) is 24.4 Å². The summed E-state index contributed by atoms with van der Waals surface area (Å²) in [6.45, 7) is 3.11. The summed E-state index contributed by atoms with van der Waals surface area (Å²) < 4.78 is 21.2. The third kappa shape index (κ3) is 5.17. The van der Waals surface area contributed by atoms with Gasteiger partial charge < -0.3 is 34.5 Å². The number of urea groups is 1. The van der Waals surface area contributed by atoms with Gasteiger partial charge >= 0.3 is 6.03 Å². The van der Waals surface area contributed by atoms with Crippen LogP contribution in [0.4, 0.5) is 16.3 Å². The van der Waals surface area contributed by atoms with Crippen molar-refractivity contribution in [2.24, 2.45) is 0 Å². The number of carbonyl (C=O) groups is 1. The zero-order valence-electron chi connectivity index (χ0n) is 16.7. The fourth-order valence-electron chi connectivity index (χ4n) is 2.93. The van der Waals surface area contributed by atoms with Gasteiger partial charge in [0, 0.05) is 31.4 Å². The molecule has 29 heavy (non-hydrogen) atoms. The van der Waals surface area contributed by atoms with Crippen molar-refractivity contribution in [3.63, 3.8) is 0 Å². The normalized spacial score (nSPS) is 13.6. The minimum absolute atomic E-state index is 0.189. The summed E-state index contributed by atoms with van der Waals surface area (Å²) in [5.74, 6) is 2.70. The van der Waals surface area contributed by atoms with Crippen molar-refractivity contribution in [3.8, 4) is 17.2 Å². The van der Waals surface area contributed by atoms with Crippen LogP contribution in [0.1, 0.15) is 5.82 Å². The maximum atomic E-state index is 12.3. The van der Waals surface area contributed by atoms with Crippen molar-refractivity contribution >= 4 is 17.5 Å². The summed E-state index contributed by atoms with van der Waals surface area (Å²) in [5, 5.41) is 5.49. The predicted octanol–water partition coefficient (Wildman–Crippen LogP) is 1.66. The molecule has 0 atom stereocenters. The third-order valence-electron chi connectivity index (χ3n) is 4.36. The molecule has 0 spiro atoms. The molecule has 156 valence electrons. The number of benzene rings is 1. The van der Waals surface area contributed by atoms with Crippen LogP contribution in [0.3, 0.4) is 0 Å². The molecule has 2 amide bonds. The Labute approximate surface area is 169 Å². The standard InChI is InChI=1S/C19H25N5O5/c1-26-14-10-13(11-15(27-2)18(14)28-3)22-19(25)21-12-16-20-5-4-17(23-16)24-6-8-29-9-7-24/h4-5,10-11H,6-9,12H2,1-3H3,(H2,21,22,25). The number of morpholine rings is 1. The van der Waals surface area contributed by atoms with E-state index >= 15 is 0 Å². The number of hydrogen-bond acceptors (Lipinski definition) is 8. The highest BCUT2D eigenvalue weighted by atomic mass is 16.5. The van der Waals surface area contributed by atoms with Crippen LogP contribution in [-0.4, -0.2) is 63.6 Å². The lowest BCUT2D eigenvalue weighted by atomic mass is 10.2. The van der Waals surface area contributed by atoms with Crippen molar-refractivity contribution in [3.05, 3.63) is 30.2 Å². The molecule has 0 aliphatic carbocycles. The Morgan fingerprint density at radius 2 is 1.83 bits per heavy atom. The molecule has 3 rings (SSSR count). The lowest BCUT2D eigenvalue weighted by Gasteiger charge is -2.27. The number of nitrogens with zero attached hydrogens (tertiary/aromatic N) is 3. The second-order valence-corrected chi connectivity index (χ2v) is 6.15. The molecule has 2 aromatic rings. The van der Waals surface area contributed by atoms with Gasteiger partial charge in [0.25, 0.3) is 0 Å². The average Bonchev–Trinajstić information content (AvgIpc) is 2.77. The van der Waals surface area contributed by atoms with Crippen LogP contribution in [0.2, 0.25) is 0 Å². The van der Waals surface area contributed by atoms with Crippen LogP contribution in [0.25, 0.3) is 0 Å². The molecular formula is C19H25N5O5. The summed E-state index contributed by atoms with van der Waals surface area (Å²) >= 11 is 0. The van der Waals surface area contributed by atoms with Crippen molar-refractivity contribution in [1.29, 1.82) is 0 Å². The van der Waals surface area contributed by atoms with Crippen LogP contribution >= 0.6 is 0 Å². The van der Waals surface area contributed by atoms with E-state index < -0.39 is 6.03 Å². The van der Waals surface area contributed by atoms with E-state index in [1.54, 1.807) is 18.3 Å². The minimum Gasteiger partial charge on any atom is -0.493 e. The van der Waals surface area contributed by atoms with E-state index in [1.165, 1.54) is 21.3 Å². The maximum Gasteiger partial charge on any atom is 0.319 e. The van der Waals surface area contributed by atoms with Crippen molar-refractivity contribution in [2.45, 2.75) is 6.54 Å². The molecule has 1 aromatic carbocycles. The monoisotopic (exact) mass is 403 g/mol. The highest BCUT2D eigenvalue weighted by Crippen LogP contribution is 2.39. The largest absolute Gasteiger partial charge is 0.493 e. The maximum absolute atomic E-state index is 12.3. The fraction of sp³-hybridized carbons (Fsp3) is 0.421. The molecule has 0 bridgehead atoms. The first-order valence-electron chi connectivity index (χ1n) is 9.14. The van der Waals surface area contributed by atoms with Gasteiger partial charge in [-0.2, -0.15) is 0 Å². The van der Waals surface area contributed by atoms with Gasteiger partial charge in [0.05, 0.1) is 46.8 Å². The zero-order chi connectivity index (χ0) is 20.6. The van der Waals surface area contributed by atoms with Gasteiger partial charge in [0.15, 0.2) is 11.5 Å². The summed E-state index contributed by atoms with van der Waals surface area (Å²) in [7, 11) is 4.55. The molecule has 1 aliphatic rings. The Balaban J connectivity index is 1.61. The summed E-state index contributed by atoms with van der Waals surface area (Å²) in [5.41, 5.74) is 0.500. The van der Waals surface area contributed by atoms with Gasteiger partial charge in [-0.1, -0.05) is 0 Å². The van der Waals surface area contributed by atoms with E-state index in [0.29, 0.717) is 42.0 Å². The van der Waals surface area contributed by atoms with Crippen LogP contribution in [-0.2, 0) is 11.3 Å². The van der Waals surface area contributed by atoms with E-state index in [1.807, 2.05) is 6.07 Å². The second-order valence-electron chi connectivity index (χ2n) is 6.15. The zero-order valence-corrected chi connectivity index (χ0v) is 16.7. The number of carbonyl (C=O) groups excluding carboxylic acids is 1. The molecule has 0 saturated carbocycles. The van der Waals surface area contributed by atoms with Crippen LogP contribution in [0, 0.1) is 0 Å². The predicted molar refractivity (Wildman–Crippen MR) is 107 cm³/mol. The van der Waals surface area contributed by atoms with E-state index in [2.05, 4.69) is 25.5 Å². The van der Waals surface area contributed by atoms with Gasteiger partial charge in [-0.05, 0) is 6.07 Å². The summed E-state index contributed by atoms with van der Waals surface area (Å²) in [6, 6.07) is 4.75.